The van der Waals surface area contributed by atoms with Crippen LogP contribution in [0.3, 0.4) is 0 Å². The van der Waals surface area contributed by atoms with Gasteiger partial charge in [0.2, 0.25) is 0 Å². The molecule has 0 heterocycles. The van der Waals surface area contributed by atoms with Crippen LogP contribution in [0.25, 0.3) is 0 Å². The van der Waals surface area contributed by atoms with E-state index in [1.165, 1.54) is 0 Å². The fraction of sp³-hybridized carbons (Fsp3) is 0.733. The smallest absolute Gasteiger partial charge is 0.407 e. The maximum Gasteiger partial charge on any atom is 0.407 e. The summed E-state index contributed by atoms with van der Waals surface area (Å²) < 4.78 is 10.3. The summed E-state index contributed by atoms with van der Waals surface area (Å²) in [5.74, 6) is -0.655. The standard InChI is InChI=1S/C15H25NO4/c1-6-19-13(17)11-9-10(2)7-8-12(11)16-14(18)20-15(3,4)5/h11-12H,2,6-9H2,1,3-5H3,(H,16,18)/t11-,12-/m0/s1. The molecule has 1 amide bonds. The van der Waals surface area contributed by atoms with Gasteiger partial charge in [-0.15, -0.1) is 0 Å². The molecule has 0 radical (unpaired) electrons. The van der Waals surface area contributed by atoms with E-state index in [4.69, 9.17) is 9.47 Å². The van der Waals surface area contributed by atoms with Crippen LogP contribution in [0.2, 0.25) is 0 Å². The highest BCUT2D eigenvalue weighted by atomic mass is 16.6. The monoisotopic (exact) mass is 283 g/mol. The zero-order valence-electron chi connectivity index (χ0n) is 12.8. The number of amides is 1. The van der Waals surface area contributed by atoms with Gasteiger partial charge < -0.3 is 14.8 Å². The van der Waals surface area contributed by atoms with Gasteiger partial charge in [-0.05, 0) is 47.0 Å². The number of hydrogen-bond donors (Lipinski definition) is 1. The zero-order chi connectivity index (χ0) is 15.3. The SMILES string of the molecule is C=C1CC[C@H](NC(=O)OC(C)(C)C)[C@@H](C(=O)OCC)C1. The van der Waals surface area contributed by atoms with E-state index in [9.17, 15) is 9.59 Å². The first-order valence-corrected chi connectivity index (χ1v) is 7.05. The number of carbonyl (C=O) groups excluding carboxylic acids is 2. The van der Waals surface area contributed by atoms with E-state index in [1.54, 1.807) is 27.7 Å². The highest BCUT2D eigenvalue weighted by molar-refractivity contribution is 5.76. The fourth-order valence-corrected chi connectivity index (χ4v) is 2.24. The molecule has 1 fully saturated rings. The van der Waals surface area contributed by atoms with Gasteiger partial charge in [-0.1, -0.05) is 12.2 Å². The van der Waals surface area contributed by atoms with Crippen molar-refractivity contribution in [1.29, 1.82) is 0 Å². The highest BCUT2D eigenvalue weighted by Crippen LogP contribution is 2.29. The fourth-order valence-electron chi connectivity index (χ4n) is 2.24. The van der Waals surface area contributed by atoms with Gasteiger partial charge in [0, 0.05) is 6.04 Å². The van der Waals surface area contributed by atoms with Crippen molar-refractivity contribution in [3.05, 3.63) is 12.2 Å². The van der Waals surface area contributed by atoms with Gasteiger partial charge in [-0.3, -0.25) is 4.79 Å². The largest absolute Gasteiger partial charge is 0.466 e. The van der Waals surface area contributed by atoms with Crippen molar-refractivity contribution >= 4 is 12.1 Å². The number of rotatable bonds is 3. The zero-order valence-corrected chi connectivity index (χ0v) is 12.8. The quantitative estimate of drug-likeness (QED) is 0.639. The number of ether oxygens (including phenoxy) is 2. The maximum atomic E-state index is 12.0. The highest BCUT2D eigenvalue weighted by Gasteiger charge is 2.35. The summed E-state index contributed by atoms with van der Waals surface area (Å²) in [7, 11) is 0. The van der Waals surface area contributed by atoms with Crippen LogP contribution in [0.1, 0.15) is 47.0 Å². The van der Waals surface area contributed by atoms with Crippen molar-refractivity contribution in [3.63, 3.8) is 0 Å². The summed E-state index contributed by atoms with van der Waals surface area (Å²) in [6.07, 6.45) is 1.54. The van der Waals surface area contributed by atoms with Gasteiger partial charge in [0.15, 0.2) is 0 Å². The minimum Gasteiger partial charge on any atom is -0.466 e. The molecule has 1 rings (SSSR count). The molecule has 1 saturated carbocycles. The van der Waals surface area contributed by atoms with Crippen molar-refractivity contribution in [2.75, 3.05) is 6.61 Å². The number of hydrogen-bond acceptors (Lipinski definition) is 4. The molecule has 1 aliphatic carbocycles. The first kappa shape index (κ1) is 16.5. The predicted molar refractivity (Wildman–Crippen MR) is 76.3 cm³/mol. The molecule has 0 aliphatic heterocycles. The molecule has 5 heteroatoms. The Kier molecular flexibility index (Phi) is 5.60. The average Bonchev–Trinajstić information content (AvgIpc) is 2.29. The molecule has 0 aromatic rings. The molecule has 0 saturated heterocycles. The Hall–Kier alpha value is -1.52. The summed E-state index contributed by atoms with van der Waals surface area (Å²) in [5, 5.41) is 2.78. The Morgan fingerprint density at radius 1 is 1.40 bits per heavy atom. The summed E-state index contributed by atoms with van der Waals surface area (Å²) in [5.41, 5.74) is 0.465. The molecule has 5 nitrogen and oxygen atoms in total. The molecular weight excluding hydrogens is 258 g/mol. The van der Waals surface area contributed by atoms with E-state index >= 15 is 0 Å². The second kappa shape index (κ2) is 6.77. The summed E-state index contributed by atoms with van der Waals surface area (Å²) in [6, 6.07) is -0.255. The minimum atomic E-state index is -0.554. The van der Waals surface area contributed by atoms with Crippen LogP contribution in [0.5, 0.6) is 0 Å². The van der Waals surface area contributed by atoms with Crippen molar-refractivity contribution in [1.82, 2.24) is 5.32 Å². The third-order valence-electron chi connectivity index (χ3n) is 3.09. The molecule has 114 valence electrons. The van der Waals surface area contributed by atoms with E-state index in [0.717, 1.165) is 12.0 Å². The molecular formula is C15H25NO4. The number of esters is 1. The Labute approximate surface area is 120 Å². The summed E-state index contributed by atoms with van der Waals surface area (Å²) in [4.78, 5) is 23.8. The predicted octanol–water partition coefficient (Wildman–Crippen LogP) is 2.80. The molecule has 0 spiro atoms. The lowest BCUT2D eigenvalue weighted by molar-refractivity contribution is -0.149. The lowest BCUT2D eigenvalue weighted by Gasteiger charge is -2.32. The van der Waals surface area contributed by atoms with Crippen LogP contribution in [0.15, 0.2) is 12.2 Å². The lowest BCUT2D eigenvalue weighted by Crippen LogP contribution is -2.47. The van der Waals surface area contributed by atoms with Crippen molar-refractivity contribution in [2.24, 2.45) is 5.92 Å². The van der Waals surface area contributed by atoms with E-state index in [-0.39, 0.29) is 17.9 Å². The van der Waals surface area contributed by atoms with Crippen LogP contribution in [-0.2, 0) is 14.3 Å². The van der Waals surface area contributed by atoms with Crippen molar-refractivity contribution in [3.8, 4) is 0 Å². The van der Waals surface area contributed by atoms with Crippen LogP contribution < -0.4 is 5.32 Å². The van der Waals surface area contributed by atoms with Crippen molar-refractivity contribution < 1.29 is 19.1 Å². The third-order valence-corrected chi connectivity index (χ3v) is 3.09. The van der Waals surface area contributed by atoms with Crippen LogP contribution in [-0.4, -0.2) is 30.3 Å². The molecule has 2 atom stereocenters. The Morgan fingerprint density at radius 3 is 2.60 bits per heavy atom. The Morgan fingerprint density at radius 2 is 2.05 bits per heavy atom. The summed E-state index contributed by atoms with van der Waals surface area (Å²) >= 11 is 0. The van der Waals surface area contributed by atoms with Gasteiger partial charge in [0.1, 0.15) is 5.60 Å². The number of nitrogens with one attached hydrogen (secondary N) is 1. The second-order valence-corrected chi connectivity index (χ2v) is 6.10. The molecule has 0 aromatic carbocycles. The van der Waals surface area contributed by atoms with E-state index in [0.29, 0.717) is 19.4 Å². The van der Waals surface area contributed by atoms with Crippen LogP contribution in [0, 0.1) is 5.92 Å². The lowest BCUT2D eigenvalue weighted by atomic mass is 9.82. The third kappa shape index (κ3) is 5.23. The maximum absolute atomic E-state index is 12.0. The van der Waals surface area contributed by atoms with Crippen LogP contribution >= 0.6 is 0 Å². The molecule has 1 N–H and O–H groups in total. The molecule has 20 heavy (non-hydrogen) atoms. The summed E-state index contributed by atoms with van der Waals surface area (Å²) in [6.45, 7) is 11.4. The number of carbonyl (C=O) groups is 2. The molecule has 0 unspecified atom stereocenters. The van der Waals surface area contributed by atoms with E-state index in [2.05, 4.69) is 11.9 Å². The second-order valence-electron chi connectivity index (χ2n) is 6.10. The number of allylic oxidation sites excluding steroid dienone is 1. The normalized spacial score (nSPS) is 23.1. The average molecular weight is 283 g/mol. The topological polar surface area (TPSA) is 64.6 Å². The van der Waals surface area contributed by atoms with E-state index < -0.39 is 11.7 Å². The molecule has 0 bridgehead atoms. The van der Waals surface area contributed by atoms with Gasteiger partial charge in [-0.25, -0.2) is 4.79 Å². The van der Waals surface area contributed by atoms with E-state index in [1.807, 2.05) is 0 Å². The van der Waals surface area contributed by atoms with Crippen LogP contribution in [0.4, 0.5) is 4.79 Å². The first-order valence-electron chi connectivity index (χ1n) is 7.05. The molecule has 1 aliphatic rings. The van der Waals surface area contributed by atoms with Gasteiger partial charge in [0.25, 0.3) is 0 Å². The van der Waals surface area contributed by atoms with Crippen molar-refractivity contribution in [2.45, 2.75) is 58.6 Å². The Balaban J connectivity index is 2.67. The number of alkyl carbamates (subject to hydrolysis) is 1. The Bertz CT molecular complexity index is 384. The first-order chi connectivity index (χ1) is 9.23. The van der Waals surface area contributed by atoms with Gasteiger partial charge in [-0.2, -0.15) is 0 Å². The van der Waals surface area contributed by atoms with Gasteiger partial charge in [0.05, 0.1) is 12.5 Å². The van der Waals surface area contributed by atoms with Gasteiger partial charge >= 0.3 is 12.1 Å². The molecule has 0 aromatic heterocycles. The minimum absolute atomic E-state index is 0.255.